The molecule has 0 amide bonds. The van der Waals surface area contributed by atoms with Crippen LogP contribution in [0.3, 0.4) is 0 Å². The zero-order valence-electron chi connectivity index (χ0n) is 14.8. The molecule has 0 aliphatic carbocycles. The van der Waals surface area contributed by atoms with Crippen LogP contribution in [0.2, 0.25) is 0 Å². The van der Waals surface area contributed by atoms with E-state index in [2.05, 4.69) is 10.3 Å². The number of hydrogen-bond donors (Lipinski definition) is 3. The zero-order chi connectivity index (χ0) is 19.4. The van der Waals surface area contributed by atoms with Crippen molar-refractivity contribution in [2.45, 2.75) is 30.4 Å². The first-order valence-electron chi connectivity index (χ1n) is 8.43. The van der Waals surface area contributed by atoms with E-state index in [0.717, 1.165) is 10.9 Å². The van der Waals surface area contributed by atoms with Crippen molar-refractivity contribution in [1.82, 2.24) is 4.98 Å². The number of sulfonamides is 1. The second-order valence-electron chi connectivity index (χ2n) is 6.88. The van der Waals surface area contributed by atoms with Gasteiger partial charge in [-0.3, -0.25) is 4.79 Å². The molecule has 1 aliphatic heterocycles. The van der Waals surface area contributed by atoms with Crippen LogP contribution in [0.4, 0.5) is 5.69 Å². The second kappa shape index (κ2) is 5.83. The summed E-state index contributed by atoms with van der Waals surface area (Å²) in [7, 11) is -3.82. The van der Waals surface area contributed by atoms with E-state index in [9.17, 15) is 13.2 Å². The number of primary sulfonamides is 1. The van der Waals surface area contributed by atoms with Crippen LogP contribution in [0.1, 0.15) is 19.4 Å². The number of H-pyrrole nitrogens is 1. The maximum absolute atomic E-state index is 12.7. The quantitative estimate of drug-likeness (QED) is 0.626. The molecule has 1 aromatic heterocycles. The Morgan fingerprint density at radius 2 is 1.89 bits per heavy atom. The smallest absolute Gasteiger partial charge is 0.255 e. The topological polar surface area (TPSA) is 114 Å². The van der Waals surface area contributed by atoms with Gasteiger partial charge < -0.3 is 15.0 Å². The van der Waals surface area contributed by atoms with E-state index in [1.165, 1.54) is 12.1 Å². The Balaban J connectivity index is 1.83. The van der Waals surface area contributed by atoms with Gasteiger partial charge in [0.25, 0.3) is 5.56 Å². The summed E-state index contributed by atoms with van der Waals surface area (Å²) in [6, 6.07) is 13.4. The van der Waals surface area contributed by atoms with Gasteiger partial charge in [-0.25, -0.2) is 13.6 Å². The van der Waals surface area contributed by atoms with E-state index in [1.54, 1.807) is 6.07 Å². The summed E-state index contributed by atoms with van der Waals surface area (Å²) in [6.45, 7) is 3.71. The number of aromatic amines is 1. The fraction of sp³-hybridized carbons (Fsp3) is 0.211. The highest BCUT2D eigenvalue weighted by Crippen LogP contribution is 2.41. The number of para-hydroxylation sites is 1. The Kier molecular flexibility index (Phi) is 3.79. The largest absolute Gasteiger partial charge is 0.478 e. The summed E-state index contributed by atoms with van der Waals surface area (Å²) < 4.78 is 29.4. The Bertz CT molecular complexity index is 1220. The van der Waals surface area contributed by atoms with Crippen molar-refractivity contribution in [2.24, 2.45) is 5.14 Å². The second-order valence-corrected chi connectivity index (χ2v) is 8.44. The number of nitrogens with two attached hydrogens (primary N) is 1. The monoisotopic (exact) mass is 385 g/mol. The van der Waals surface area contributed by atoms with Crippen molar-refractivity contribution in [3.05, 3.63) is 64.4 Å². The minimum absolute atomic E-state index is 0.00305. The summed E-state index contributed by atoms with van der Waals surface area (Å²) in [5, 5.41) is 9.34. The Morgan fingerprint density at radius 3 is 2.63 bits per heavy atom. The molecule has 0 bridgehead atoms. The molecule has 7 nitrogen and oxygen atoms in total. The van der Waals surface area contributed by atoms with Crippen LogP contribution in [-0.4, -0.2) is 19.4 Å². The molecule has 0 radical (unpaired) electrons. The molecule has 2 atom stereocenters. The number of hydrogen-bond acceptors (Lipinski definition) is 5. The lowest BCUT2D eigenvalue weighted by atomic mass is 9.87. The van der Waals surface area contributed by atoms with Gasteiger partial charge in [-0.05, 0) is 49.6 Å². The molecule has 27 heavy (non-hydrogen) atoms. The van der Waals surface area contributed by atoms with Crippen molar-refractivity contribution in [1.29, 1.82) is 0 Å². The number of benzene rings is 2. The lowest BCUT2D eigenvalue weighted by Gasteiger charge is -2.41. The van der Waals surface area contributed by atoms with Gasteiger partial charge in [-0.15, -0.1) is 0 Å². The molecule has 2 unspecified atom stereocenters. The van der Waals surface area contributed by atoms with Gasteiger partial charge in [0.05, 0.1) is 22.2 Å². The van der Waals surface area contributed by atoms with Crippen LogP contribution >= 0.6 is 0 Å². The summed E-state index contributed by atoms with van der Waals surface area (Å²) in [6.07, 6.45) is 0. The van der Waals surface area contributed by atoms with Gasteiger partial charge in [-0.2, -0.15) is 0 Å². The summed E-state index contributed by atoms with van der Waals surface area (Å²) in [5.41, 5.74) is 0.582. The number of nitrogens with one attached hydrogen (secondary N) is 2. The normalized spacial score (nSPS) is 22.0. The number of pyridine rings is 1. The lowest BCUT2D eigenvalue weighted by molar-refractivity contribution is 0.0607. The van der Waals surface area contributed by atoms with E-state index in [1.807, 2.05) is 44.2 Å². The third kappa shape index (κ3) is 2.87. The fourth-order valence-corrected chi connectivity index (χ4v) is 3.92. The van der Waals surface area contributed by atoms with E-state index in [0.29, 0.717) is 17.0 Å². The average Bonchev–Trinajstić information content (AvgIpc) is 2.61. The van der Waals surface area contributed by atoms with E-state index in [-0.39, 0.29) is 16.5 Å². The molecule has 4 N–H and O–H groups in total. The molecule has 0 fully saturated rings. The molecule has 1 aliphatic rings. The first kappa shape index (κ1) is 17.6. The first-order chi connectivity index (χ1) is 12.7. The van der Waals surface area contributed by atoms with Crippen LogP contribution in [0.15, 0.2) is 58.2 Å². The fourth-order valence-electron chi connectivity index (χ4n) is 3.38. The minimum atomic E-state index is -3.82. The Hall–Kier alpha value is -2.84. The standard InChI is InChI=1S/C19H19N3O4S/c1-11-19(2,14-9-12-5-3-4-6-15(12)22-18(14)23)26-17-8-7-13(27(20,24)25)10-16(17)21-11/h3-11,21H,1-2H3,(H,22,23)(H2,20,24,25). The van der Waals surface area contributed by atoms with Crippen molar-refractivity contribution >= 4 is 26.6 Å². The Labute approximate surface area is 156 Å². The van der Waals surface area contributed by atoms with E-state index < -0.39 is 15.6 Å². The predicted octanol–water partition coefficient (Wildman–Crippen LogP) is 2.28. The molecule has 8 heteroatoms. The molecule has 0 saturated heterocycles. The van der Waals surface area contributed by atoms with Crippen molar-refractivity contribution in [3.8, 4) is 5.75 Å². The lowest BCUT2D eigenvalue weighted by Crippen LogP contribution is -2.50. The van der Waals surface area contributed by atoms with Gasteiger partial charge in [0, 0.05) is 5.52 Å². The molecule has 3 aromatic rings. The highest BCUT2D eigenvalue weighted by molar-refractivity contribution is 7.89. The molecule has 140 valence electrons. The van der Waals surface area contributed by atoms with Gasteiger partial charge in [0.15, 0.2) is 5.60 Å². The van der Waals surface area contributed by atoms with Gasteiger partial charge in [-0.1, -0.05) is 18.2 Å². The van der Waals surface area contributed by atoms with Crippen LogP contribution in [0, 0.1) is 0 Å². The SMILES string of the molecule is CC1Nc2cc(S(N)(=O)=O)ccc2OC1(C)c1cc2ccccc2[nH]c1=O. The third-order valence-corrected chi connectivity index (χ3v) is 6.00. The summed E-state index contributed by atoms with van der Waals surface area (Å²) in [5.74, 6) is 0.454. The molecular formula is C19H19N3O4S. The molecular weight excluding hydrogens is 366 g/mol. The minimum Gasteiger partial charge on any atom is -0.478 e. The maximum atomic E-state index is 12.7. The molecule has 0 saturated carbocycles. The van der Waals surface area contributed by atoms with Crippen LogP contribution in [-0.2, 0) is 15.6 Å². The zero-order valence-corrected chi connectivity index (χ0v) is 15.6. The van der Waals surface area contributed by atoms with Crippen molar-refractivity contribution in [3.63, 3.8) is 0 Å². The molecule has 2 aromatic carbocycles. The number of anilines is 1. The number of fused-ring (bicyclic) bond motifs is 2. The number of ether oxygens (including phenoxy) is 1. The maximum Gasteiger partial charge on any atom is 0.255 e. The highest BCUT2D eigenvalue weighted by atomic mass is 32.2. The van der Waals surface area contributed by atoms with Gasteiger partial charge in [0.2, 0.25) is 10.0 Å². The predicted molar refractivity (Wildman–Crippen MR) is 103 cm³/mol. The first-order valence-corrected chi connectivity index (χ1v) is 9.98. The van der Waals surface area contributed by atoms with Crippen molar-refractivity contribution < 1.29 is 13.2 Å². The van der Waals surface area contributed by atoms with Crippen LogP contribution in [0.5, 0.6) is 5.75 Å². The van der Waals surface area contributed by atoms with Gasteiger partial charge in [0.1, 0.15) is 5.75 Å². The summed E-state index contributed by atoms with van der Waals surface area (Å²) in [4.78, 5) is 15.6. The van der Waals surface area contributed by atoms with Crippen LogP contribution < -0.4 is 20.8 Å². The van der Waals surface area contributed by atoms with Gasteiger partial charge >= 0.3 is 0 Å². The number of rotatable bonds is 2. The average molecular weight is 385 g/mol. The number of aromatic nitrogens is 1. The molecule has 2 heterocycles. The van der Waals surface area contributed by atoms with Crippen molar-refractivity contribution in [2.75, 3.05) is 5.32 Å². The van der Waals surface area contributed by atoms with E-state index >= 15 is 0 Å². The Morgan fingerprint density at radius 1 is 1.15 bits per heavy atom. The third-order valence-electron chi connectivity index (χ3n) is 5.09. The van der Waals surface area contributed by atoms with E-state index in [4.69, 9.17) is 9.88 Å². The highest BCUT2D eigenvalue weighted by Gasteiger charge is 2.42. The molecule has 4 rings (SSSR count). The van der Waals surface area contributed by atoms with Crippen LogP contribution in [0.25, 0.3) is 10.9 Å². The molecule has 0 spiro atoms. The summed E-state index contributed by atoms with van der Waals surface area (Å²) >= 11 is 0.